The molecule has 5 aromatic rings. The Labute approximate surface area is 173 Å². The van der Waals surface area contributed by atoms with Crippen molar-refractivity contribution in [2.75, 3.05) is 10.6 Å². The molecule has 0 saturated heterocycles. The van der Waals surface area contributed by atoms with E-state index in [1.807, 2.05) is 59.4 Å². The predicted molar refractivity (Wildman–Crippen MR) is 118 cm³/mol. The molecule has 0 aliphatic heterocycles. The molecule has 0 fully saturated rings. The second-order valence-electron chi connectivity index (χ2n) is 6.79. The minimum atomic E-state index is 0.482. The Kier molecular flexibility index (Phi) is 4.75. The number of fused-ring (bicyclic) bond motifs is 1. The molecule has 0 radical (unpaired) electrons. The van der Waals surface area contributed by atoms with Gasteiger partial charge >= 0.3 is 0 Å². The highest BCUT2D eigenvalue weighted by Crippen LogP contribution is 2.23. The SMILES string of the molecule is c1ccc(Cn2ncc3cc(Nc4ccnc(Nc5ccccn5)n4)ccc32)cc1. The third-order valence-electron chi connectivity index (χ3n) is 4.65. The number of hydrogen-bond donors (Lipinski definition) is 2. The van der Waals surface area contributed by atoms with Gasteiger partial charge in [-0.25, -0.2) is 9.97 Å². The summed E-state index contributed by atoms with van der Waals surface area (Å²) in [4.78, 5) is 13.0. The van der Waals surface area contributed by atoms with Crippen molar-refractivity contribution in [2.45, 2.75) is 6.54 Å². The fraction of sp³-hybridized carbons (Fsp3) is 0.0435. The zero-order valence-electron chi connectivity index (χ0n) is 16.1. The maximum absolute atomic E-state index is 4.55. The van der Waals surface area contributed by atoms with Crippen LogP contribution in [0, 0.1) is 0 Å². The van der Waals surface area contributed by atoms with Gasteiger partial charge in [0.25, 0.3) is 0 Å². The molecule has 2 N–H and O–H groups in total. The van der Waals surface area contributed by atoms with Crippen LogP contribution in [0.5, 0.6) is 0 Å². The summed E-state index contributed by atoms with van der Waals surface area (Å²) in [6.07, 6.45) is 5.31. The minimum absolute atomic E-state index is 0.482. The molecular weight excluding hydrogens is 374 g/mol. The highest BCUT2D eigenvalue weighted by molar-refractivity contribution is 5.83. The molecule has 3 aromatic heterocycles. The van der Waals surface area contributed by atoms with E-state index in [1.54, 1.807) is 12.4 Å². The van der Waals surface area contributed by atoms with Crippen LogP contribution in [-0.4, -0.2) is 24.7 Å². The fourth-order valence-corrected chi connectivity index (χ4v) is 3.23. The van der Waals surface area contributed by atoms with Gasteiger partial charge in [0.15, 0.2) is 0 Å². The molecule has 0 unspecified atom stereocenters. The second-order valence-corrected chi connectivity index (χ2v) is 6.79. The van der Waals surface area contributed by atoms with Crippen molar-refractivity contribution >= 4 is 34.2 Å². The van der Waals surface area contributed by atoms with E-state index in [1.165, 1.54) is 5.56 Å². The van der Waals surface area contributed by atoms with Gasteiger partial charge in [0, 0.05) is 23.5 Å². The molecule has 2 aromatic carbocycles. The van der Waals surface area contributed by atoms with Gasteiger partial charge < -0.3 is 10.6 Å². The van der Waals surface area contributed by atoms with Gasteiger partial charge in [-0.15, -0.1) is 0 Å². The smallest absolute Gasteiger partial charge is 0.230 e. The van der Waals surface area contributed by atoms with Crippen LogP contribution in [0.2, 0.25) is 0 Å². The third-order valence-corrected chi connectivity index (χ3v) is 4.65. The first-order chi connectivity index (χ1) is 14.8. The molecule has 146 valence electrons. The lowest BCUT2D eigenvalue weighted by atomic mass is 10.2. The minimum Gasteiger partial charge on any atom is -0.340 e. The second kappa shape index (κ2) is 8.00. The zero-order chi connectivity index (χ0) is 20.2. The number of nitrogens with zero attached hydrogens (tertiary/aromatic N) is 5. The molecule has 0 aliphatic rings. The number of hydrogen-bond acceptors (Lipinski definition) is 6. The molecule has 0 aliphatic carbocycles. The monoisotopic (exact) mass is 393 g/mol. The largest absolute Gasteiger partial charge is 0.340 e. The van der Waals surface area contributed by atoms with E-state index in [-0.39, 0.29) is 0 Å². The summed E-state index contributed by atoms with van der Waals surface area (Å²) < 4.78 is 2.01. The topological polar surface area (TPSA) is 80.5 Å². The van der Waals surface area contributed by atoms with Crippen LogP contribution in [0.15, 0.2) is 91.4 Å². The van der Waals surface area contributed by atoms with Crippen LogP contribution in [0.25, 0.3) is 10.9 Å². The molecule has 0 amide bonds. The van der Waals surface area contributed by atoms with Crippen LogP contribution >= 0.6 is 0 Å². The first-order valence-corrected chi connectivity index (χ1v) is 9.61. The normalized spacial score (nSPS) is 10.8. The molecule has 0 bridgehead atoms. The summed E-state index contributed by atoms with van der Waals surface area (Å²) in [5, 5.41) is 12.0. The van der Waals surface area contributed by atoms with Crippen molar-refractivity contribution in [3.8, 4) is 0 Å². The maximum atomic E-state index is 4.55. The molecular formula is C23H19N7. The maximum Gasteiger partial charge on any atom is 0.230 e. The Morgan fingerprint density at radius 2 is 1.67 bits per heavy atom. The van der Waals surface area contributed by atoms with Gasteiger partial charge in [0.05, 0.1) is 18.3 Å². The molecule has 7 heteroatoms. The Morgan fingerprint density at radius 1 is 0.767 bits per heavy atom. The molecule has 5 rings (SSSR count). The van der Waals surface area contributed by atoms with Gasteiger partial charge in [-0.3, -0.25) is 4.68 Å². The lowest BCUT2D eigenvalue weighted by Crippen LogP contribution is -2.02. The van der Waals surface area contributed by atoms with E-state index in [9.17, 15) is 0 Å². The number of nitrogens with one attached hydrogen (secondary N) is 2. The van der Waals surface area contributed by atoms with Crippen LogP contribution in [0.4, 0.5) is 23.3 Å². The van der Waals surface area contributed by atoms with Crippen molar-refractivity contribution < 1.29 is 0 Å². The summed E-state index contributed by atoms with van der Waals surface area (Å²) in [6.45, 7) is 0.742. The summed E-state index contributed by atoms with van der Waals surface area (Å²) in [7, 11) is 0. The number of aromatic nitrogens is 5. The number of rotatable bonds is 6. The zero-order valence-corrected chi connectivity index (χ0v) is 16.1. The molecule has 0 atom stereocenters. The number of anilines is 4. The van der Waals surface area contributed by atoms with Crippen molar-refractivity contribution in [3.63, 3.8) is 0 Å². The summed E-state index contributed by atoms with van der Waals surface area (Å²) in [6, 6.07) is 23.9. The Balaban J connectivity index is 1.34. The lowest BCUT2D eigenvalue weighted by Gasteiger charge is -2.09. The van der Waals surface area contributed by atoms with Gasteiger partial charge in [-0.05, 0) is 42.0 Å². The molecule has 7 nitrogen and oxygen atoms in total. The molecule has 0 saturated carbocycles. The van der Waals surface area contributed by atoms with Crippen molar-refractivity contribution in [2.24, 2.45) is 0 Å². The Morgan fingerprint density at radius 3 is 2.53 bits per heavy atom. The number of benzene rings is 2. The van der Waals surface area contributed by atoms with Crippen LogP contribution < -0.4 is 10.6 Å². The highest BCUT2D eigenvalue weighted by atomic mass is 15.3. The highest BCUT2D eigenvalue weighted by Gasteiger charge is 2.06. The van der Waals surface area contributed by atoms with Crippen LogP contribution in [0.3, 0.4) is 0 Å². The molecule has 3 heterocycles. The van der Waals surface area contributed by atoms with Crippen molar-refractivity contribution in [1.82, 2.24) is 24.7 Å². The quantitative estimate of drug-likeness (QED) is 0.433. The fourth-order valence-electron chi connectivity index (χ4n) is 3.23. The van der Waals surface area contributed by atoms with E-state index in [0.29, 0.717) is 17.6 Å². The van der Waals surface area contributed by atoms with E-state index in [2.05, 4.69) is 54.9 Å². The number of pyridine rings is 1. The van der Waals surface area contributed by atoms with E-state index < -0.39 is 0 Å². The van der Waals surface area contributed by atoms with Crippen molar-refractivity contribution in [1.29, 1.82) is 0 Å². The molecule has 0 spiro atoms. The van der Waals surface area contributed by atoms with E-state index in [0.717, 1.165) is 23.1 Å². The Hall–Kier alpha value is -4.26. The summed E-state index contributed by atoms with van der Waals surface area (Å²) in [5.41, 5.74) is 3.24. The van der Waals surface area contributed by atoms with Crippen molar-refractivity contribution in [3.05, 3.63) is 97.0 Å². The van der Waals surface area contributed by atoms with Gasteiger partial charge in [0.2, 0.25) is 5.95 Å². The van der Waals surface area contributed by atoms with Crippen LogP contribution in [-0.2, 0) is 6.54 Å². The third kappa shape index (κ3) is 3.95. The van der Waals surface area contributed by atoms with Gasteiger partial charge in [-0.1, -0.05) is 36.4 Å². The first kappa shape index (κ1) is 17.8. The van der Waals surface area contributed by atoms with Gasteiger partial charge in [0.1, 0.15) is 11.6 Å². The molecule has 30 heavy (non-hydrogen) atoms. The van der Waals surface area contributed by atoms with E-state index in [4.69, 9.17) is 0 Å². The summed E-state index contributed by atoms with van der Waals surface area (Å²) >= 11 is 0. The average molecular weight is 393 g/mol. The first-order valence-electron chi connectivity index (χ1n) is 9.61. The summed E-state index contributed by atoms with van der Waals surface area (Å²) in [5.74, 6) is 1.87. The Bertz CT molecular complexity index is 1270. The predicted octanol–water partition coefficient (Wildman–Crippen LogP) is 4.76. The van der Waals surface area contributed by atoms with Gasteiger partial charge in [-0.2, -0.15) is 10.1 Å². The lowest BCUT2D eigenvalue weighted by molar-refractivity contribution is 0.712. The average Bonchev–Trinajstić information content (AvgIpc) is 3.17. The standard InChI is InChI=1S/C23H19N7/c1-2-6-17(7-3-1)16-30-20-10-9-19(14-18(20)15-26-30)27-22-11-13-25-23(29-22)28-21-8-4-5-12-24-21/h1-15H,16H2,(H2,24,25,27,28,29). The van der Waals surface area contributed by atoms with Crippen LogP contribution in [0.1, 0.15) is 5.56 Å². The van der Waals surface area contributed by atoms with E-state index >= 15 is 0 Å².